The minimum absolute atomic E-state index is 0.0467. The van der Waals surface area contributed by atoms with Gasteiger partial charge in [0.05, 0.1) is 5.69 Å². The number of aliphatic imine (C=N–C) groups is 1. The number of rotatable bonds is 2. The third kappa shape index (κ3) is 3.50. The number of amides is 1. The van der Waals surface area contributed by atoms with E-state index in [0.29, 0.717) is 23.4 Å². The molecule has 3 heterocycles. The summed E-state index contributed by atoms with van der Waals surface area (Å²) in [5, 5.41) is 9.70. The van der Waals surface area contributed by atoms with Gasteiger partial charge in [0.1, 0.15) is 17.4 Å². The molecule has 0 saturated carbocycles. The number of ether oxygens (including phenoxy) is 1. The lowest BCUT2D eigenvalue weighted by Crippen LogP contribution is -2.36. The van der Waals surface area contributed by atoms with Crippen LogP contribution in [-0.2, 0) is 4.79 Å². The van der Waals surface area contributed by atoms with Crippen LogP contribution in [0.4, 0.5) is 11.4 Å². The molecule has 1 aromatic rings. The molecular weight excluding hydrogens is 378 g/mol. The lowest BCUT2D eigenvalue weighted by atomic mass is 9.81. The van der Waals surface area contributed by atoms with Crippen LogP contribution in [0.25, 0.3) is 0 Å². The minimum Gasteiger partial charge on any atom is -0.482 e. The van der Waals surface area contributed by atoms with E-state index >= 15 is 0 Å². The fourth-order valence-corrected chi connectivity index (χ4v) is 4.62. The zero-order chi connectivity index (χ0) is 20.7. The fourth-order valence-electron chi connectivity index (χ4n) is 4.62. The van der Waals surface area contributed by atoms with Crippen molar-refractivity contribution >= 4 is 23.1 Å². The average molecular weight is 406 g/mol. The number of benzene rings is 1. The van der Waals surface area contributed by atoms with Crippen molar-refractivity contribution < 1.29 is 9.53 Å². The van der Waals surface area contributed by atoms with Crippen LogP contribution >= 0.6 is 0 Å². The predicted octanol–water partition coefficient (Wildman–Crippen LogP) is 3.22. The normalized spacial score (nSPS) is 25.1. The lowest BCUT2D eigenvalue weighted by Gasteiger charge is -2.39. The highest BCUT2D eigenvalue weighted by Crippen LogP contribution is 2.39. The second-order valence-corrected chi connectivity index (χ2v) is 8.17. The Hall–Kier alpha value is -3.06. The summed E-state index contributed by atoms with van der Waals surface area (Å²) in [5.74, 6) is 2.75. The SMILES string of the molecule is CNC1CCC2=C(C1)C1C=CCC(Nc3ccc4c(c3)OCC(=O)N4)=NC(=C1)N2C. The second-order valence-electron chi connectivity index (χ2n) is 8.17. The number of allylic oxidation sites excluding steroid dienone is 3. The van der Waals surface area contributed by atoms with Crippen LogP contribution in [-0.4, -0.2) is 43.4 Å². The summed E-state index contributed by atoms with van der Waals surface area (Å²) >= 11 is 0. The van der Waals surface area contributed by atoms with Gasteiger partial charge >= 0.3 is 0 Å². The molecule has 1 aliphatic carbocycles. The van der Waals surface area contributed by atoms with E-state index in [1.807, 2.05) is 18.2 Å². The Morgan fingerprint density at radius 1 is 1.33 bits per heavy atom. The van der Waals surface area contributed by atoms with Crippen LogP contribution in [0.3, 0.4) is 0 Å². The zero-order valence-electron chi connectivity index (χ0n) is 17.4. The maximum atomic E-state index is 11.5. The van der Waals surface area contributed by atoms with E-state index < -0.39 is 0 Å². The van der Waals surface area contributed by atoms with Crippen molar-refractivity contribution in [2.75, 3.05) is 31.3 Å². The van der Waals surface area contributed by atoms with Gasteiger partial charge in [-0.05, 0) is 50.1 Å². The Bertz CT molecular complexity index is 1010. The van der Waals surface area contributed by atoms with Crippen molar-refractivity contribution in [1.82, 2.24) is 10.2 Å². The van der Waals surface area contributed by atoms with Gasteiger partial charge in [-0.25, -0.2) is 4.99 Å². The molecule has 30 heavy (non-hydrogen) atoms. The largest absolute Gasteiger partial charge is 0.482 e. The van der Waals surface area contributed by atoms with Gasteiger partial charge in [-0.15, -0.1) is 0 Å². The van der Waals surface area contributed by atoms with Gasteiger partial charge in [0, 0.05) is 42.9 Å². The molecule has 7 heteroatoms. The van der Waals surface area contributed by atoms with E-state index in [-0.39, 0.29) is 12.5 Å². The molecule has 0 fully saturated rings. The first-order valence-corrected chi connectivity index (χ1v) is 10.5. The molecule has 7 nitrogen and oxygen atoms in total. The summed E-state index contributed by atoms with van der Waals surface area (Å²) in [7, 11) is 4.18. The second kappa shape index (κ2) is 7.65. The molecule has 3 N–H and O–H groups in total. The van der Waals surface area contributed by atoms with Gasteiger partial charge in [-0.2, -0.15) is 0 Å². The first kappa shape index (κ1) is 18.9. The highest BCUT2D eigenvalue weighted by molar-refractivity contribution is 5.99. The number of amidine groups is 1. The monoisotopic (exact) mass is 405 g/mol. The molecular formula is C23H27N5O2. The lowest BCUT2D eigenvalue weighted by molar-refractivity contribution is -0.118. The van der Waals surface area contributed by atoms with E-state index in [2.05, 4.69) is 53.2 Å². The molecule has 0 aromatic heterocycles. The first-order valence-electron chi connectivity index (χ1n) is 10.5. The number of nitrogens with one attached hydrogen (secondary N) is 3. The number of anilines is 2. The molecule has 4 aliphatic rings. The highest BCUT2D eigenvalue weighted by atomic mass is 16.5. The molecule has 0 saturated heterocycles. The Morgan fingerprint density at radius 3 is 3.10 bits per heavy atom. The number of fused-ring (bicyclic) bond motifs is 3. The minimum atomic E-state index is -0.128. The number of hydrogen-bond acceptors (Lipinski definition) is 6. The molecule has 2 unspecified atom stereocenters. The van der Waals surface area contributed by atoms with Crippen LogP contribution in [0, 0.1) is 5.92 Å². The Morgan fingerprint density at radius 2 is 2.23 bits per heavy atom. The molecule has 2 atom stereocenters. The van der Waals surface area contributed by atoms with Crippen LogP contribution in [0.1, 0.15) is 25.7 Å². The Balaban J connectivity index is 1.39. The fraction of sp³-hybridized carbons (Fsp3) is 0.391. The van der Waals surface area contributed by atoms with Crippen LogP contribution in [0.15, 0.2) is 58.5 Å². The number of carbonyl (C=O) groups excluding carboxylic acids is 1. The standard InChI is InChI=1S/C23H27N5O2/c1-24-15-7-9-19-17(11-15)14-4-3-5-21(27-22(10-14)28(19)2)25-16-6-8-18-20(12-16)30-13-23(29)26-18/h3-4,6,8,10,12,14-15,24H,5,7,9,11,13H2,1-2H3,(H,25,27)(H,26,29). The van der Waals surface area contributed by atoms with Crippen molar-refractivity contribution in [3.8, 4) is 5.75 Å². The molecule has 1 amide bonds. The maximum absolute atomic E-state index is 11.5. The summed E-state index contributed by atoms with van der Waals surface area (Å²) in [4.78, 5) is 18.7. The molecule has 0 spiro atoms. The third-order valence-electron chi connectivity index (χ3n) is 6.26. The summed E-state index contributed by atoms with van der Waals surface area (Å²) in [5.41, 5.74) is 4.52. The summed E-state index contributed by atoms with van der Waals surface area (Å²) in [6.07, 6.45) is 10.8. The van der Waals surface area contributed by atoms with Crippen molar-refractivity contribution in [2.45, 2.75) is 31.7 Å². The van der Waals surface area contributed by atoms with Gasteiger partial charge in [0.2, 0.25) is 0 Å². The molecule has 156 valence electrons. The number of hydrogen-bond donors (Lipinski definition) is 3. The maximum Gasteiger partial charge on any atom is 0.262 e. The number of carbonyl (C=O) groups is 1. The summed E-state index contributed by atoms with van der Waals surface area (Å²) in [6, 6.07) is 6.25. The van der Waals surface area contributed by atoms with Crippen molar-refractivity contribution in [1.29, 1.82) is 0 Å². The van der Waals surface area contributed by atoms with Gasteiger partial charge in [-0.3, -0.25) is 4.79 Å². The summed E-state index contributed by atoms with van der Waals surface area (Å²) in [6.45, 7) is 0.0467. The van der Waals surface area contributed by atoms with Crippen LogP contribution < -0.4 is 20.7 Å². The van der Waals surface area contributed by atoms with E-state index in [1.54, 1.807) is 0 Å². The van der Waals surface area contributed by atoms with Crippen molar-refractivity contribution in [2.24, 2.45) is 10.9 Å². The topological polar surface area (TPSA) is 78.0 Å². The molecule has 5 rings (SSSR count). The van der Waals surface area contributed by atoms with Crippen LogP contribution in [0.2, 0.25) is 0 Å². The van der Waals surface area contributed by atoms with Gasteiger partial charge in [-0.1, -0.05) is 12.2 Å². The predicted molar refractivity (Wildman–Crippen MR) is 118 cm³/mol. The highest BCUT2D eigenvalue weighted by Gasteiger charge is 2.31. The van der Waals surface area contributed by atoms with E-state index in [0.717, 1.165) is 43.0 Å². The smallest absolute Gasteiger partial charge is 0.262 e. The molecule has 0 radical (unpaired) electrons. The van der Waals surface area contributed by atoms with Gasteiger partial charge in [0.25, 0.3) is 5.91 Å². The third-order valence-corrected chi connectivity index (χ3v) is 6.26. The van der Waals surface area contributed by atoms with Crippen molar-refractivity contribution in [3.05, 3.63) is 53.5 Å². The van der Waals surface area contributed by atoms with Gasteiger partial charge < -0.3 is 25.6 Å². The first-order chi connectivity index (χ1) is 14.6. The van der Waals surface area contributed by atoms with E-state index in [9.17, 15) is 4.79 Å². The Kier molecular flexibility index (Phi) is 4.83. The molecule has 2 bridgehead atoms. The summed E-state index contributed by atoms with van der Waals surface area (Å²) < 4.78 is 5.53. The van der Waals surface area contributed by atoms with Gasteiger partial charge in [0.15, 0.2) is 6.61 Å². The van der Waals surface area contributed by atoms with E-state index in [4.69, 9.17) is 9.73 Å². The van der Waals surface area contributed by atoms with Crippen LogP contribution in [0.5, 0.6) is 5.75 Å². The van der Waals surface area contributed by atoms with E-state index in [1.165, 1.54) is 11.3 Å². The molecule has 1 aromatic carbocycles. The van der Waals surface area contributed by atoms with Crippen molar-refractivity contribution in [3.63, 3.8) is 0 Å². The Labute approximate surface area is 176 Å². The quantitative estimate of drug-likeness (QED) is 0.659. The molecule has 3 aliphatic heterocycles. The zero-order valence-corrected chi connectivity index (χ0v) is 17.4. The average Bonchev–Trinajstić information content (AvgIpc) is 2.74. The number of nitrogens with zero attached hydrogens (tertiary/aromatic N) is 2.